The Morgan fingerprint density at radius 2 is 1.92 bits per heavy atom. The zero-order valence-electron chi connectivity index (χ0n) is 15.1. The number of halogens is 1. The molecule has 0 aromatic rings. The van der Waals surface area contributed by atoms with Crippen molar-refractivity contribution in [2.24, 2.45) is 0 Å². The van der Waals surface area contributed by atoms with Crippen LogP contribution in [0.2, 0.25) is 0 Å². The summed E-state index contributed by atoms with van der Waals surface area (Å²) in [6.45, 7) is 2.06. The molecule has 142 valence electrons. The van der Waals surface area contributed by atoms with Crippen LogP contribution in [0.5, 0.6) is 0 Å². The molecule has 0 aromatic heterocycles. The van der Waals surface area contributed by atoms with Crippen LogP contribution in [0.1, 0.15) is 51.4 Å². The summed E-state index contributed by atoms with van der Waals surface area (Å²) < 4.78 is 6.22. The quantitative estimate of drug-likeness (QED) is 0.774. The maximum atomic E-state index is 12.4. The minimum absolute atomic E-state index is 0.00955. The number of carbonyl (C=O) groups is 2. The molecular formula is C18H30ClN3O3. The predicted octanol–water partition coefficient (Wildman–Crippen LogP) is 2.35. The first kappa shape index (κ1) is 18.8. The van der Waals surface area contributed by atoms with Crippen LogP contribution in [0.25, 0.3) is 0 Å². The molecular weight excluding hydrogens is 342 g/mol. The van der Waals surface area contributed by atoms with Gasteiger partial charge >= 0.3 is 6.03 Å². The van der Waals surface area contributed by atoms with E-state index in [4.69, 9.17) is 16.3 Å². The standard InChI is InChI=1S/C18H30ClN3O3/c1-21-12-14(5-6-17(21)23)20-18(24)22-9-7-15(8-10-22)25-16-4-2-3-13(19)11-16/h13-16H,2-12H2,1H3,(H,20,24). The SMILES string of the molecule is CN1CC(NC(=O)N2CCC(OC3CCCC(Cl)C3)CC2)CCC1=O. The van der Waals surface area contributed by atoms with Gasteiger partial charge < -0.3 is 19.9 Å². The van der Waals surface area contributed by atoms with E-state index in [-0.39, 0.29) is 35.6 Å². The fourth-order valence-corrected chi connectivity index (χ4v) is 4.43. The molecule has 1 N–H and O–H groups in total. The first-order valence-corrected chi connectivity index (χ1v) is 10.0. The Labute approximate surface area is 155 Å². The Balaban J connectivity index is 1.38. The van der Waals surface area contributed by atoms with E-state index in [0.717, 1.165) is 58.0 Å². The lowest BCUT2D eigenvalue weighted by Crippen LogP contribution is -2.53. The Hall–Kier alpha value is -1.01. The van der Waals surface area contributed by atoms with Crippen molar-refractivity contribution in [1.82, 2.24) is 15.1 Å². The maximum absolute atomic E-state index is 12.4. The molecule has 3 unspecified atom stereocenters. The molecule has 0 bridgehead atoms. The number of alkyl halides is 1. The smallest absolute Gasteiger partial charge is 0.317 e. The summed E-state index contributed by atoms with van der Waals surface area (Å²) in [4.78, 5) is 27.5. The summed E-state index contributed by atoms with van der Waals surface area (Å²) in [6, 6.07) is 0.0526. The minimum Gasteiger partial charge on any atom is -0.375 e. The number of ether oxygens (including phenoxy) is 1. The normalized spacial score (nSPS) is 31.9. The number of rotatable bonds is 3. The number of piperidine rings is 2. The number of hydrogen-bond acceptors (Lipinski definition) is 3. The molecule has 2 aliphatic heterocycles. The van der Waals surface area contributed by atoms with E-state index in [1.165, 1.54) is 0 Å². The highest BCUT2D eigenvalue weighted by Crippen LogP contribution is 2.27. The average molecular weight is 372 g/mol. The highest BCUT2D eigenvalue weighted by molar-refractivity contribution is 6.20. The molecule has 3 aliphatic rings. The lowest BCUT2D eigenvalue weighted by atomic mass is 9.96. The number of amides is 3. The second-order valence-electron chi connectivity index (χ2n) is 7.67. The predicted molar refractivity (Wildman–Crippen MR) is 96.8 cm³/mol. The van der Waals surface area contributed by atoms with Gasteiger partial charge in [0.15, 0.2) is 0 Å². The van der Waals surface area contributed by atoms with Crippen LogP contribution in [0.4, 0.5) is 4.79 Å². The second-order valence-corrected chi connectivity index (χ2v) is 8.28. The van der Waals surface area contributed by atoms with Gasteiger partial charge in [-0.25, -0.2) is 4.79 Å². The zero-order valence-corrected chi connectivity index (χ0v) is 15.8. The van der Waals surface area contributed by atoms with Gasteiger partial charge in [-0.3, -0.25) is 4.79 Å². The molecule has 0 radical (unpaired) electrons. The number of nitrogens with one attached hydrogen (secondary N) is 1. The Morgan fingerprint density at radius 1 is 1.16 bits per heavy atom. The Kier molecular flexibility index (Phi) is 6.44. The van der Waals surface area contributed by atoms with Gasteiger partial charge in [0.2, 0.25) is 5.91 Å². The van der Waals surface area contributed by atoms with Gasteiger partial charge in [0.1, 0.15) is 0 Å². The summed E-state index contributed by atoms with van der Waals surface area (Å²) >= 11 is 6.24. The maximum Gasteiger partial charge on any atom is 0.317 e. The topological polar surface area (TPSA) is 61.9 Å². The summed E-state index contributed by atoms with van der Waals surface area (Å²) in [5, 5.41) is 3.33. The summed E-state index contributed by atoms with van der Waals surface area (Å²) in [5.74, 6) is 0.158. The van der Waals surface area contributed by atoms with Crippen LogP contribution in [-0.2, 0) is 9.53 Å². The number of carbonyl (C=O) groups excluding carboxylic acids is 2. The lowest BCUT2D eigenvalue weighted by molar-refractivity contribution is -0.132. The number of nitrogens with zero attached hydrogens (tertiary/aromatic N) is 2. The van der Waals surface area contributed by atoms with Crippen LogP contribution >= 0.6 is 11.6 Å². The molecule has 2 heterocycles. The molecule has 25 heavy (non-hydrogen) atoms. The number of hydrogen-bond donors (Lipinski definition) is 1. The van der Waals surface area contributed by atoms with Gasteiger partial charge in [-0.1, -0.05) is 0 Å². The monoisotopic (exact) mass is 371 g/mol. The van der Waals surface area contributed by atoms with Crippen molar-refractivity contribution in [2.45, 2.75) is 75.0 Å². The van der Waals surface area contributed by atoms with Crippen LogP contribution in [0, 0.1) is 0 Å². The van der Waals surface area contributed by atoms with E-state index < -0.39 is 0 Å². The second kappa shape index (κ2) is 8.58. The molecule has 0 aromatic carbocycles. The van der Waals surface area contributed by atoms with Crippen molar-refractivity contribution in [3.63, 3.8) is 0 Å². The number of likely N-dealkylation sites (tertiary alicyclic amines) is 2. The Bertz CT molecular complexity index is 482. The van der Waals surface area contributed by atoms with E-state index in [1.807, 2.05) is 4.90 Å². The largest absolute Gasteiger partial charge is 0.375 e. The van der Waals surface area contributed by atoms with Crippen molar-refractivity contribution >= 4 is 23.5 Å². The van der Waals surface area contributed by atoms with Crippen LogP contribution < -0.4 is 5.32 Å². The fourth-order valence-electron chi connectivity index (χ4n) is 4.07. The first-order valence-electron chi connectivity index (χ1n) is 9.60. The van der Waals surface area contributed by atoms with Gasteiger partial charge in [0.05, 0.1) is 12.2 Å². The van der Waals surface area contributed by atoms with Gasteiger partial charge in [-0.15, -0.1) is 11.6 Å². The molecule has 6 nitrogen and oxygen atoms in total. The molecule has 3 fully saturated rings. The van der Waals surface area contributed by atoms with Crippen LogP contribution in [0.15, 0.2) is 0 Å². The van der Waals surface area contributed by atoms with E-state index in [1.54, 1.807) is 11.9 Å². The minimum atomic E-state index is -0.00955. The average Bonchev–Trinajstić information content (AvgIpc) is 2.59. The van der Waals surface area contributed by atoms with Crippen molar-refractivity contribution in [3.8, 4) is 0 Å². The van der Waals surface area contributed by atoms with E-state index in [2.05, 4.69) is 5.32 Å². The molecule has 1 aliphatic carbocycles. The molecule has 3 atom stereocenters. The molecule has 1 saturated carbocycles. The third-order valence-electron chi connectivity index (χ3n) is 5.63. The highest BCUT2D eigenvalue weighted by atomic mass is 35.5. The third kappa shape index (κ3) is 5.23. The summed E-state index contributed by atoms with van der Waals surface area (Å²) in [7, 11) is 1.79. The summed E-state index contributed by atoms with van der Waals surface area (Å²) in [5.41, 5.74) is 0. The van der Waals surface area contributed by atoms with Crippen LogP contribution in [0.3, 0.4) is 0 Å². The third-order valence-corrected chi connectivity index (χ3v) is 6.03. The molecule has 2 saturated heterocycles. The van der Waals surface area contributed by atoms with E-state index in [9.17, 15) is 9.59 Å². The van der Waals surface area contributed by atoms with Crippen molar-refractivity contribution in [2.75, 3.05) is 26.7 Å². The van der Waals surface area contributed by atoms with E-state index >= 15 is 0 Å². The van der Waals surface area contributed by atoms with Crippen molar-refractivity contribution in [1.29, 1.82) is 0 Å². The van der Waals surface area contributed by atoms with Gasteiger partial charge in [-0.05, 0) is 44.9 Å². The Morgan fingerprint density at radius 3 is 2.60 bits per heavy atom. The van der Waals surface area contributed by atoms with Crippen LogP contribution in [-0.4, -0.2) is 72.0 Å². The highest BCUT2D eigenvalue weighted by Gasteiger charge is 2.30. The molecule has 3 amide bonds. The number of urea groups is 1. The van der Waals surface area contributed by atoms with Crippen molar-refractivity contribution in [3.05, 3.63) is 0 Å². The van der Waals surface area contributed by atoms with Gasteiger partial charge in [0, 0.05) is 44.5 Å². The van der Waals surface area contributed by atoms with E-state index in [0.29, 0.717) is 13.0 Å². The zero-order chi connectivity index (χ0) is 17.8. The van der Waals surface area contributed by atoms with Crippen molar-refractivity contribution < 1.29 is 14.3 Å². The molecule has 3 rings (SSSR count). The van der Waals surface area contributed by atoms with Gasteiger partial charge in [-0.2, -0.15) is 0 Å². The van der Waals surface area contributed by atoms with Gasteiger partial charge in [0.25, 0.3) is 0 Å². The molecule has 7 heteroatoms. The number of likely N-dealkylation sites (N-methyl/N-ethyl adjacent to an activating group) is 1. The lowest BCUT2D eigenvalue weighted by Gasteiger charge is -2.37. The first-order chi connectivity index (χ1) is 12.0. The fraction of sp³-hybridized carbons (Fsp3) is 0.889. The summed E-state index contributed by atoms with van der Waals surface area (Å²) in [6.07, 6.45) is 7.87. The molecule has 0 spiro atoms.